The molecule has 118 valence electrons. The van der Waals surface area contributed by atoms with E-state index < -0.39 is 0 Å². The van der Waals surface area contributed by atoms with Gasteiger partial charge in [0.2, 0.25) is 0 Å². The third-order valence-corrected chi connectivity index (χ3v) is 5.58. The number of hydrogen-bond donors (Lipinski definition) is 0. The average Bonchev–Trinajstić information content (AvgIpc) is 2.96. The Morgan fingerprint density at radius 1 is 1.00 bits per heavy atom. The zero-order chi connectivity index (χ0) is 14.9. The maximum absolute atomic E-state index is 3.53. The number of rotatable bonds is 2. The van der Waals surface area contributed by atoms with Gasteiger partial charge >= 0.3 is 5.16 Å². The van der Waals surface area contributed by atoms with E-state index in [1.807, 2.05) is 11.8 Å². The summed E-state index contributed by atoms with van der Waals surface area (Å²) in [6.45, 7) is 1.10. The van der Waals surface area contributed by atoms with Crippen LogP contribution in [0.3, 0.4) is 0 Å². The van der Waals surface area contributed by atoms with Crippen molar-refractivity contribution in [2.75, 3.05) is 5.75 Å². The van der Waals surface area contributed by atoms with Crippen molar-refractivity contribution in [3.63, 3.8) is 0 Å². The second-order valence-corrected chi connectivity index (χ2v) is 7.35. The van der Waals surface area contributed by atoms with E-state index in [4.69, 9.17) is 0 Å². The molecule has 1 aliphatic rings. The van der Waals surface area contributed by atoms with E-state index in [1.54, 1.807) is 0 Å². The predicted molar refractivity (Wildman–Crippen MR) is 94.4 cm³/mol. The molecule has 1 aliphatic heterocycles. The molecule has 23 heavy (non-hydrogen) atoms. The lowest BCUT2D eigenvalue weighted by atomic mass is 10.1. The maximum Gasteiger partial charge on any atom is 0.323 e. The quantitative estimate of drug-likeness (QED) is 0.538. The highest BCUT2D eigenvalue weighted by atomic mass is 79.9. The van der Waals surface area contributed by atoms with Crippen LogP contribution in [0.25, 0.3) is 16.9 Å². The van der Waals surface area contributed by atoms with Crippen molar-refractivity contribution >= 4 is 27.7 Å². The zero-order valence-electron chi connectivity index (χ0n) is 12.5. The summed E-state index contributed by atoms with van der Waals surface area (Å²) in [5.74, 6) is 1.19. The molecule has 0 radical (unpaired) electrons. The summed E-state index contributed by atoms with van der Waals surface area (Å²) >= 11 is 5.47. The number of aromatic nitrogens is 2. The van der Waals surface area contributed by atoms with Gasteiger partial charge in [0.1, 0.15) is 11.9 Å². The highest BCUT2D eigenvalue weighted by molar-refractivity contribution is 9.10. The molecule has 0 amide bonds. The lowest BCUT2D eigenvalue weighted by molar-refractivity contribution is -0.734. The van der Waals surface area contributed by atoms with Gasteiger partial charge in [0, 0.05) is 15.8 Å². The van der Waals surface area contributed by atoms with Gasteiger partial charge in [-0.2, -0.15) is 4.57 Å². The topological polar surface area (TPSA) is 8.81 Å². The summed E-state index contributed by atoms with van der Waals surface area (Å²) in [7, 11) is 0. The number of nitrogens with zero attached hydrogens (tertiary/aromatic N) is 2. The molecule has 1 aromatic heterocycles. The van der Waals surface area contributed by atoms with Crippen molar-refractivity contribution in [2.24, 2.45) is 0 Å². The van der Waals surface area contributed by atoms with Gasteiger partial charge in [-0.1, -0.05) is 46.3 Å². The van der Waals surface area contributed by atoms with Gasteiger partial charge < -0.3 is 17.0 Å². The minimum Gasteiger partial charge on any atom is -1.00 e. The molecule has 0 spiro atoms. The van der Waals surface area contributed by atoms with Gasteiger partial charge in [-0.3, -0.25) is 0 Å². The van der Waals surface area contributed by atoms with Crippen molar-refractivity contribution in [1.82, 2.24) is 4.57 Å². The fourth-order valence-electron chi connectivity index (χ4n) is 2.85. The molecule has 0 saturated heterocycles. The third kappa shape index (κ3) is 3.28. The highest BCUT2D eigenvalue weighted by Gasteiger charge is 2.28. The van der Waals surface area contributed by atoms with E-state index in [2.05, 4.69) is 85.9 Å². The van der Waals surface area contributed by atoms with Crippen LogP contribution in [0.1, 0.15) is 6.42 Å². The van der Waals surface area contributed by atoms with E-state index in [0.29, 0.717) is 0 Å². The number of imidazole rings is 1. The SMILES string of the molecule is Brc1ccc(-n2c(-c3ccccc3)c[n+]3c2SCCC3)cc1.[Br-]. The first-order chi connectivity index (χ1) is 10.8. The van der Waals surface area contributed by atoms with Crippen molar-refractivity contribution in [2.45, 2.75) is 18.1 Å². The fourth-order valence-corrected chi connectivity index (χ4v) is 4.21. The van der Waals surface area contributed by atoms with E-state index in [0.717, 1.165) is 11.0 Å². The molecule has 0 unspecified atom stereocenters. The molecule has 2 aromatic carbocycles. The summed E-state index contributed by atoms with van der Waals surface area (Å²) in [6, 6.07) is 19.2. The molecule has 0 fully saturated rings. The average molecular weight is 452 g/mol. The summed E-state index contributed by atoms with van der Waals surface area (Å²) in [6.07, 6.45) is 3.53. The van der Waals surface area contributed by atoms with Crippen LogP contribution in [-0.4, -0.2) is 10.3 Å². The van der Waals surface area contributed by atoms with Crippen LogP contribution in [0.2, 0.25) is 0 Å². The molecule has 0 saturated carbocycles. The smallest absolute Gasteiger partial charge is 0.323 e. The lowest BCUT2D eigenvalue weighted by Crippen LogP contribution is -3.00. The molecule has 4 rings (SSSR count). The first-order valence-electron chi connectivity index (χ1n) is 7.42. The Bertz CT molecular complexity index is 798. The molecule has 2 heterocycles. The maximum atomic E-state index is 3.53. The molecular weight excluding hydrogens is 436 g/mol. The Balaban J connectivity index is 0.00000156. The van der Waals surface area contributed by atoms with Gasteiger partial charge in [-0.05, 0) is 42.4 Å². The van der Waals surface area contributed by atoms with Crippen LogP contribution < -0.4 is 21.5 Å². The molecule has 0 atom stereocenters. The van der Waals surface area contributed by atoms with E-state index >= 15 is 0 Å². The Kier molecular flexibility index (Phi) is 5.29. The number of fused-ring (bicyclic) bond motifs is 1. The third-order valence-electron chi connectivity index (χ3n) is 3.88. The number of thioether (sulfide) groups is 1. The van der Waals surface area contributed by atoms with Crippen LogP contribution in [0.5, 0.6) is 0 Å². The van der Waals surface area contributed by atoms with Gasteiger partial charge in [0.15, 0.2) is 5.69 Å². The molecule has 0 bridgehead atoms. The Labute approximate surface area is 159 Å². The van der Waals surface area contributed by atoms with Gasteiger partial charge in [0.05, 0.1) is 6.54 Å². The zero-order valence-corrected chi connectivity index (χ0v) is 16.4. The molecule has 0 N–H and O–H groups in total. The van der Waals surface area contributed by atoms with Gasteiger partial charge in [-0.15, -0.1) is 0 Å². The van der Waals surface area contributed by atoms with Crippen molar-refractivity contribution in [3.05, 3.63) is 65.3 Å². The van der Waals surface area contributed by atoms with Gasteiger partial charge in [0.25, 0.3) is 0 Å². The van der Waals surface area contributed by atoms with Crippen LogP contribution in [0, 0.1) is 0 Å². The largest absolute Gasteiger partial charge is 1.00 e. The molecule has 5 heteroatoms. The Morgan fingerprint density at radius 3 is 2.48 bits per heavy atom. The molecule has 3 aromatic rings. The number of halogens is 2. The Hall–Kier alpha value is -1.04. The summed E-state index contributed by atoms with van der Waals surface area (Å²) in [4.78, 5) is 0. The van der Waals surface area contributed by atoms with Crippen LogP contribution in [-0.2, 0) is 6.54 Å². The normalized spacial score (nSPS) is 13.3. The highest BCUT2D eigenvalue weighted by Crippen LogP contribution is 2.31. The van der Waals surface area contributed by atoms with E-state index in [9.17, 15) is 0 Å². The van der Waals surface area contributed by atoms with Crippen LogP contribution in [0.15, 0.2) is 70.4 Å². The van der Waals surface area contributed by atoms with Crippen molar-refractivity contribution in [1.29, 1.82) is 0 Å². The second kappa shape index (κ2) is 7.24. The number of benzene rings is 2. The molecule has 2 nitrogen and oxygen atoms in total. The van der Waals surface area contributed by atoms with Gasteiger partial charge in [-0.25, -0.2) is 4.57 Å². The Morgan fingerprint density at radius 2 is 1.74 bits per heavy atom. The lowest BCUT2D eigenvalue weighted by Gasteiger charge is -2.09. The number of hydrogen-bond acceptors (Lipinski definition) is 1. The molecule has 0 aliphatic carbocycles. The van der Waals surface area contributed by atoms with Crippen LogP contribution in [0.4, 0.5) is 0 Å². The fraction of sp³-hybridized carbons (Fsp3) is 0.167. The van der Waals surface area contributed by atoms with E-state index in [-0.39, 0.29) is 17.0 Å². The monoisotopic (exact) mass is 450 g/mol. The minimum absolute atomic E-state index is 0. The van der Waals surface area contributed by atoms with Crippen LogP contribution >= 0.6 is 27.7 Å². The number of aryl methyl sites for hydroxylation is 1. The predicted octanol–water partition coefficient (Wildman–Crippen LogP) is 1.69. The van der Waals surface area contributed by atoms with Crippen molar-refractivity contribution in [3.8, 4) is 16.9 Å². The summed E-state index contributed by atoms with van der Waals surface area (Å²) < 4.78 is 5.88. The first-order valence-corrected chi connectivity index (χ1v) is 9.20. The first kappa shape index (κ1) is 16.8. The van der Waals surface area contributed by atoms with E-state index in [1.165, 1.54) is 34.3 Å². The minimum atomic E-state index is 0. The standard InChI is InChI=1S/C18H16BrN2S.BrH/c19-15-7-9-16(10-8-15)21-17(14-5-2-1-3-6-14)13-20-11-4-12-22-18(20)21;/h1-3,5-10,13H,4,11-12H2;1H/q+1;/p-1. The molecular formula is C18H16Br2N2S. The summed E-state index contributed by atoms with van der Waals surface area (Å²) in [5, 5.41) is 1.33. The van der Waals surface area contributed by atoms with Crippen molar-refractivity contribution < 1.29 is 21.5 Å². The summed E-state index contributed by atoms with van der Waals surface area (Å²) in [5.41, 5.74) is 3.73. The second-order valence-electron chi connectivity index (χ2n) is 5.37.